The minimum Gasteiger partial charge on any atom is -0.460 e. The molecule has 0 saturated carbocycles. The molecule has 4 heteroatoms. The zero-order valence-electron chi connectivity index (χ0n) is 6.66. The molecule has 0 unspecified atom stereocenters. The van der Waals surface area contributed by atoms with Crippen molar-refractivity contribution in [2.24, 2.45) is 0 Å². The summed E-state index contributed by atoms with van der Waals surface area (Å²) in [5.74, 6) is -1.42. The summed E-state index contributed by atoms with van der Waals surface area (Å²) in [6.07, 6.45) is 3.03. The van der Waals surface area contributed by atoms with Crippen LogP contribution in [-0.2, 0) is 9.53 Å². The number of ketones is 1. The molecule has 12 heavy (non-hydrogen) atoms. The first-order chi connectivity index (χ1) is 5.75. The van der Waals surface area contributed by atoms with Gasteiger partial charge in [-0.05, 0) is 13.0 Å². The Morgan fingerprint density at radius 3 is 2.83 bits per heavy atom. The van der Waals surface area contributed by atoms with Crippen LogP contribution in [0.5, 0.6) is 0 Å². The number of rotatable bonds is 3. The van der Waals surface area contributed by atoms with E-state index in [1.807, 2.05) is 0 Å². The standard InChI is InChI=1S/C8H9NO3/c1-2-12-8(11)7(10)6-3-4-9-5-6/h3-5,9H,2H2,1H3. The van der Waals surface area contributed by atoms with Gasteiger partial charge in [0.1, 0.15) is 0 Å². The van der Waals surface area contributed by atoms with Gasteiger partial charge in [0, 0.05) is 18.0 Å². The summed E-state index contributed by atoms with van der Waals surface area (Å²) in [7, 11) is 0. The third-order valence-corrected chi connectivity index (χ3v) is 1.32. The summed E-state index contributed by atoms with van der Waals surface area (Å²) in [4.78, 5) is 24.6. The lowest BCUT2D eigenvalue weighted by Crippen LogP contribution is -2.16. The van der Waals surface area contributed by atoms with Gasteiger partial charge in [-0.3, -0.25) is 4.79 Å². The van der Waals surface area contributed by atoms with Gasteiger partial charge in [0.15, 0.2) is 0 Å². The van der Waals surface area contributed by atoms with Crippen LogP contribution in [0, 0.1) is 0 Å². The van der Waals surface area contributed by atoms with Gasteiger partial charge in [-0.15, -0.1) is 0 Å². The number of aromatic amines is 1. The molecule has 0 amide bonds. The number of hydrogen-bond acceptors (Lipinski definition) is 3. The number of carbonyl (C=O) groups excluding carboxylic acids is 2. The summed E-state index contributed by atoms with van der Waals surface area (Å²) in [6.45, 7) is 1.87. The van der Waals surface area contributed by atoms with Crippen LogP contribution in [0.4, 0.5) is 0 Å². The zero-order valence-corrected chi connectivity index (χ0v) is 6.66. The maximum absolute atomic E-state index is 11.1. The summed E-state index contributed by atoms with van der Waals surface area (Å²) in [6, 6.07) is 1.53. The average Bonchev–Trinajstić information content (AvgIpc) is 2.55. The second-order valence-corrected chi connectivity index (χ2v) is 2.15. The first kappa shape index (κ1) is 8.52. The SMILES string of the molecule is CCOC(=O)C(=O)c1cc[nH]c1. The molecule has 0 radical (unpaired) electrons. The van der Waals surface area contributed by atoms with E-state index in [1.165, 1.54) is 12.3 Å². The molecule has 0 atom stereocenters. The predicted molar refractivity (Wildman–Crippen MR) is 41.8 cm³/mol. The second-order valence-electron chi connectivity index (χ2n) is 2.15. The van der Waals surface area contributed by atoms with Crippen molar-refractivity contribution >= 4 is 11.8 Å². The van der Waals surface area contributed by atoms with Gasteiger partial charge in [0.25, 0.3) is 5.78 Å². The zero-order chi connectivity index (χ0) is 8.97. The molecule has 1 N–H and O–H groups in total. The third kappa shape index (κ3) is 1.72. The molecule has 1 aromatic heterocycles. The number of nitrogens with one attached hydrogen (secondary N) is 1. The molecule has 0 spiro atoms. The quantitative estimate of drug-likeness (QED) is 0.410. The van der Waals surface area contributed by atoms with E-state index in [0.29, 0.717) is 5.56 Å². The maximum atomic E-state index is 11.1. The van der Waals surface area contributed by atoms with Crippen molar-refractivity contribution in [3.63, 3.8) is 0 Å². The molecule has 1 aromatic rings. The van der Waals surface area contributed by atoms with Crippen LogP contribution in [0.15, 0.2) is 18.5 Å². The highest BCUT2D eigenvalue weighted by Crippen LogP contribution is 1.99. The van der Waals surface area contributed by atoms with E-state index in [2.05, 4.69) is 9.72 Å². The number of H-pyrrole nitrogens is 1. The van der Waals surface area contributed by atoms with Crippen LogP contribution < -0.4 is 0 Å². The smallest absolute Gasteiger partial charge is 0.379 e. The maximum Gasteiger partial charge on any atom is 0.379 e. The second kappa shape index (κ2) is 3.71. The lowest BCUT2D eigenvalue weighted by atomic mass is 10.2. The van der Waals surface area contributed by atoms with E-state index in [9.17, 15) is 9.59 Å². The number of aromatic nitrogens is 1. The number of esters is 1. The highest BCUT2D eigenvalue weighted by molar-refractivity contribution is 6.40. The number of Topliss-reactive ketones (excluding diaryl/α,β-unsaturated/α-hetero) is 1. The highest BCUT2D eigenvalue weighted by atomic mass is 16.5. The Bertz CT molecular complexity index is 277. The van der Waals surface area contributed by atoms with Crippen LogP contribution >= 0.6 is 0 Å². The lowest BCUT2D eigenvalue weighted by Gasteiger charge is -1.97. The lowest BCUT2D eigenvalue weighted by molar-refractivity contribution is -0.137. The molecule has 0 aliphatic rings. The first-order valence-electron chi connectivity index (χ1n) is 3.60. The van der Waals surface area contributed by atoms with E-state index in [0.717, 1.165) is 0 Å². The van der Waals surface area contributed by atoms with E-state index in [1.54, 1.807) is 13.1 Å². The number of hydrogen-bond donors (Lipinski definition) is 1. The summed E-state index contributed by atoms with van der Waals surface area (Å²) in [5.41, 5.74) is 0.327. The molecule has 0 aliphatic heterocycles. The molecule has 1 rings (SSSR count). The van der Waals surface area contributed by atoms with Crippen LogP contribution in [0.1, 0.15) is 17.3 Å². The molecule has 0 aliphatic carbocycles. The molecule has 0 fully saturated rings. The number of carbonyl (C=O) groups is 2. The van der Waals surface area contributed by atoms with Gasteiger partial charge in [-0.25, -0.2) is 4.79 Å². The molecule has 0 bridgehead atoms. The van der Waals surface area contributed by atoms with Gasteiger partial charge in [-0.2, -0.15) is 0 Å². The Morgan fingerprint density at radius 1 is 1.58 bits per heavy atom. The Labute approximate surface area is 69.5 Å². The fourth-order valence-electron chi connectivity index (χ4n) is 0.780. The first-order valence-corrected chi connectivity index (χ1v) is 3.60. The van der Waals surface area contributed by atoms with Gasteiger partial charge in [-0.1, -0.05) is 0 Å². The van der Waals surface area contributed by atoms with E-state index in [-0.39, 0.29) is 6.61 Å². The van der Waals surface area contributed by atoms with E-state index in [4.69, 9.17) is 0 Å². The van der Waals surface area contributed by atoms with Crippen molar-refractivity contribution in [3.8, 4) is 0 Å². The Balaban J connectivity index is 2.66. The fraction of sp³-hybridized carbons (Fsp3) is 0.250. The van der Waals surface area contributed by atoms with Gasteiger partial charge >= 0.3 is 5.97 Å². The van der Waals surface area contributed by atoms with E-state index >= 15 is 0 Å². The van der Waals surface area contributed by atoms with Crippen molar-refractivity contribution in [2.45, 2.75) is 6.92 Å². The monoisotopic (exact) mass is 167 g/mol. The molecular weight excluding hydrogens is 158 g/mol. The topological polar surface area (TPSA) is 59.2 Å². The van der Waals surface area contributed by atoms with Gasteiger partial charge in [0.2, 0.25) is 0 Å². The minimum absolute atomic E-state index is 0.217. The predicted octanol–water partition coefficient (Wildman–Crippen LogP) is 0.761. The minimum atomic E-state index is -0.808. The van der Waals surface area contributed by atoms with Crippen molar-refractivity contribution in [1.29, 1.82) is 0 Å². The summed E-state index contributed by atoms with van der Waals surface area (Å²) < 4.78 is 4.53. The number of ether oxygens (including phenoxy) is 1. The Hall–Kier alpha value is -1.58. The molecule has 64 valence electrons. The summed E-state index contributed by atoms with van der Waals surface area (Å²) in [5, 5.41) is 0. The van der Waals surface area contributed by atoms with Crippen molar-refractivity contribution in [2.75, 3.05) is 6.61 Å². The highest BCUT2D eigenvalue weighted by Gasteiger charge is 2.16. The van der Waals surface area contributed by atoms with Crippen molar-refractivity contribution in [3.05, 3.63) is 24.0 Å². The summed E-state index contributed by atoms with van der Waals surface area (Å²) >= 11 is 0. The average molecular weight is 167 g/mol. The van der Waals surface area contributed by atoms with Gasteiger partial charge < -0.3 is 9.72 Å². The van der Waals surface area contributed by atoms with Crippen LogP contribution in [0.25, 0.3) is 0 Å². The largest absolute Gasteiger partial charge is 0.460 e. The normalized spacial score (nSPS) is 9.42. The van der Waals surface area contributed by atoms with E-state index < -0.39 is 11.8 Å². The molecule has 0 saturated heterocycles. The Morgan fingerprint density at radius 2 is 2.33 bits per heavy atom. The van der Waals surface area contributed by atoms with Crippen LogP contribution in [0.2, 0.25) is 0 Å². The molecule has 0 aromatic carbocycles. The Kier molecular flexibility index (Phi) is 2.63. The van der Waals surface area contributed by atoms with Crippen molar-refractivity contribution in [1.82, 2.24) is 4.98 Å². The molecular formula is C8H9NO3. The van der Waals surface area contributed by atoms with Gasteiger partial charge in [0.05, 0.1) is 6.61 Å². The molecule has 4 nitrogen and oxygen atoms in total. The fourth-order valence-corrected chi connectivity index (χ4v) is 0.780. The van der Waals surface area contributed by atoms with Crippen molar-refractivity contribution < 1.29 is 14.3 Å². The third-order valence-electron chi connectivity index (χ3n) is 1.32. The van der Waals surface area contributed by atoms with Crippen LogP contribution in [0.3, 0.4) is 0 Å². The van der Waals surface area contributed by atoms with Crippen LogP contribution in [-0.4, -0.2) is 23.3 Å². The molecule has 1 heterocycles.